The third-order valence-corrected chi connectivity index (χ3v) is 8.88. The maximum Gasteiger partial charge on any atom is 0.166 e. The van der Waals surface area contributed by atoms with Crippen molar-refractivity contribution in [1.29, 1.82) is 0 Å². The van der Waals surface area contributed by atoms with Gasteiger partial charge in [-0.25, -0.2) is 9.29 Å². The van der Waals surface area contributed by atoms with Gasteiger partial charge in [-0.05, 0) is 67.6 Å². The van der Waals surface area contributed by atoms with Crippen LogP contribution in [0, 0.1) is 6.92 Å². The Morgan fingerprint density at radius 1 is 1.27 bits per heavy atom. The molecular weight excluding hydrogens is 458 g/mol. The Morgan fingerprint density at radius 2 is 2.12 bits per heavy atom. The molecule has 3 N–H and O–H groups in total. The number of hydrogen-bond acceptors (Lipinski definition) is 9. The minimum Gasteiger partial charge on any atom is -0.507 e. The molecule has 33 heavy (non-hydrogen) atoms. The normalized spacial score (nSPS) is 25.6. The third-order valence-electron chi connectivity index (χ3n) is 6.54. The molecule has 10 heteroatoms. The summed E-state index contributed by atoms with van der Waals surface area (Å²) in [6, 6.07) is 5.90. The van der Waals surface area contributed by atoms with E-state index in [1.807, 2.05) is 30.5 Å². The lowest BCUT2D eigenvalue weighted by Gasteiger charge is -2.51. The standard InChI is InChI=1S/C23H27N5O3S2/c1-16-15-32-26-22(16)19-11-18(3-4-20(19)29)14-27-9-5-23(12-17(27)2)6-10-33(30,31)28(23)21-13-24-7-8-25-21/h3-4,6-8,10-11,13,15,17,29-31H,5,9,12,14H2,1-2H3/t17-,23-/m0/s1. The van der Waals surface area contributed by atoms with Crippen molar-refractivity contribution in [2.45, 2.75) is 44.8 Å². The van der Waals surface area contributed by atoms with Crippen molar-refractivity contribution < 1.29 is 14.2 Å². The third kappa shape index (κ3) is 4.02. The molecule has 4 heterocycles. The number of aromatic nitrogens is 3. The van der Waals surface area contributed by atoms with Gasteiger partial charge in [0.1, 0.15) is 5.75 Å². The van der Waals surface area contributed by atoms with E-state index in [0.29, 0.717) is 5.82 Å². The van der Waals surface area contributed by atoms with E-state index in [1.54, 1.807) is 29.0 Å². The fourth-order valence-corrected chi connectivity index (χ4v) is 7.26. The predicted octanol–water partition coefficient (Wildman–Crippen LogP) is 5.04. The average molecular weight is 486 g/mol. The van der Waals surface area contributed by atoms with Crippen LogP contribution in [-0.4, -0.2) is 51.6 Å². The number of rotatable bonds is 4. The first-order chi connectivity index (χ1) is 15.8. The molecule has 1 aromatic carbocycles. The molecule has 2 aliphatic heterocycles. The Kier molecular flexibility index (Phi) is 5.66. The SMILES string of the molecule is Cc1csnc1-c1cc(CN2CC[C@]3(C=CS(O)(O)N3c3cnccn3)C[C@@H]2C)ccc1O. The van der Waals surface area contributed by atoms with Gasteiger partial charge < -0.3 is 5.11 Å². The second-order valence-corrected chi connectivity index (χ2v) is 11.2. The van der Waals surface area contributed by atoms with Gasteiger partial charge in [0.25, 0.3) is 0 Å². The van der Waals surface area contributed by atoms with E-state index in [4.69, 9.17) is 0 Å². The molecule has 8 nitrogen and oxygen atoms in total. The molecule has 0 saturated carbocycles. The average Bonchev–Trinajstić information content (AvgIpc) is 3.32. The highest BCUT2D eigenvalue weighted by atomic mass is 32.3. The van der Waals surface area contributed by atoms with Gasteiger partial charge in [0.2, 0.25) is 0 Å². The molecule has 5 rings (SSSR count). The zero-order valence-corrected chi connectivity index (χ0v) is 20.1. The molecule has 1 fully saturated rings. The van der Waals surface area contributed by atoms with Crippen LogP contribution in [0.3, 0.4) is 0 Å². The van der Waals surface area contributed by atoms with Crippen LogP contribution in [0.5, 0.6) is 5.75 Å². The second-order valence-electron chi connectivity index (χ2n) is 8.80. The summed E-state index contributed by atoms with van der Waals surface area (Å²) in [6.07, 6.45) is 8.13. The van der Waals surface area contributed by atoms with Crippen LogP contribution in [0.1, 0.15) is 30.9 Å². The lowest BCUT2D eigenvalue weighted by molar-refractivity contribution is 0.119. The lowest BCUT2D eigenvalue weighted by atomic mass is 9.83. The van der Waals surface area contributed by atoms with Gasteiger partial charge in [-0.15, -0.1) is 0 Å². The monoisotopic (exact) mass is 485 g/mol. The van der Waals surface area contributed by atoms with Crippen LogP contribution >= 0.6 is 22.3 Å². The highest BCUT2D eigenvalue weighted by molar-refractivity contribution is 8.28. The molecule has 3 aromatic rings. The fraction of sp³-hybridized carbons (Fsp3) is 0.348. The molecule has 0 unspecified atom stereocenters. The lowest BCUT2D eigenvalue weighted by Crippen LogP contribution is -2.55. The Morgan fingerprint density at radius 3 is 2.82 bits per heavy atom. The van der Waals surface area contributed by atoms with Crippen LogP contribution < -0.4 is 4.31 Å². The van der Waals surface area contributed by atoms with E-state index in [0.717, 1.165) is 48.3 Å². The van der Waals surface area contributed by atoms with Gasteiger partial charge in [0.05, 0.1) is 17.4 Å². The second kappa shape index (κ2) is 8.37. The van der Waals surface area contributed by atoms with Crippen LogP contribution in [-0.2, 0) is 6.54 Å². The number of nitrogens with zero attached hydrogens (tertiary/aromatic N) is 5. The van der Waals surface area contributed by atoms with Crippen LogP contribution in [0.15, 0.2) is 53.7 Å². The molecule has 1 saturated heterocycles. The topological polar surface area (TPSA) is 106 Å². The number of likely N-dealkylation sites (tertiary alicyclic amines) is 1. The molecular formula is C23H27N5O3S2. The number of phenols is 1. The van der Waals surface area contributed by atoms with Crippen molar-refractivity contribution in [3.63, 3.8) is 0 Å². The van der Waals surface area contributed by atoms with Crippen LogP contribution in [0.2, 0.25) is 0 Å². The first kappa shape index (κ1) is 22.3. The smallest absolute Gasteiger partial charge is 0.166 e. The van der Waals surface area contributed by atoms with Crippen molar-refractivity contribution in [3.05, 3.63) is 64.8 Å². The number of hydrogen-bond donors (Lipinski definition) is 3. The van der Waals surface area contributed by atoms with Crippen molar-refractivity contribution in [3.8, 4) is 17.0 Å². The van der Waals surface area contributed by atoms with Crippen molar-refractivity contribution in [2.24, 2.45) is 0 Å². The van der Waals surface area contributed by atoms with E-state index in [9.17, 15) is 14.2 Å². The quantitative estimate of drug-likeness (QED) is 0.472. The Labute approximate surface area is 198 Å². The van der Waals surface area contributed by atoms with Gasteiger partial charge in [-0.1, -0.05) is 16.8 Å². The Bertz CT molecular complexity index is 1190. The van der Waals surface area contributed by atoms with Gasteiger partial charge >= 0.3 is 0 Å². The van der Waals surface area contributed by atoms with E-state index in [1.165, 1.54) is 16.9 Å². The molecule has 0 radical (unpaired) electrons. The summed E-state index contributed by atoms with van der Waals surface area (Å²) >= 11 is 1.39. The predicted molar refractivity (Wildman–Crippen MR) is 132 cm³/mol. The highest BCUT2D eigenvalue weighted by Crippen LogP contribution is 2.59. The Balaban J connectivity index is 1.37. The fourth-order valence-electron chi connectivity index (χ4n) is 4.90. The molecule has 2 aliphatic rings. The maximum atomic E-state index is 10.7. The molecule has 174 valence electrons. The van der Waals surface area contributed by atoms with Crippen molar-refractivity contribution >= 4 is 28.1 Å². The zero-order valence-electron chi connectivity index (χ0n) is 18.5. The van der Waals surface area contributed by atoms with Gasteiger partial charge in [0, 0.05) is 47.9 Å². The first-order valence-corrected chi connectivity index (χ1v) is 13.2. The largest absolute Gasteiger partial charge is 0.507 e. The number of piperidine rings is 1. The minimum atomic E-state index is -3.09. The number of anilines is 1. The number of aryl methyl sites for hydroxylation is 1. The van der Waals surface area contributed by atoms with Gasteiger partial charge in [0.15, 0.2) is 5.82 Å². The minimum absolute atomic E-state index is 0.189. The molecule has 1 spiro atoms. The summed E-state index contributed by atoms with van der Waals surface area (Å²) in [4.78, 5) is 10.9. The molecule has 0 aliphatic carbocycles. The molecule has 0 amide bonds. The maximum absolute atomic E-state index is 10.7. The summed E-state index contributed by atoms with van der Waals surface area (Å²) in [5.41, 5.74) is 3.23. The summed E-state index contributed by atoms with van der Waals surface area (Å²) in [7, 11) is -3.09. The first-order valence-electron chi connectivity index (χ1n) is 10.8. The van der Waals surface area contributed by atoms with Crippen molar-refractivity contribution in [1.82, 2.24) is 19.2 Å². The number of benzene rings is 1. The Hall–Kier alpha value is -2.50. The summed E-state index contributed by atoms with van der Waals surface area (Å²) in [5, 5.41) is 13.9. The molecule has 2 atom stereocenters. The van der Waals surface area contributed by atoms with Crippen molar-refractivity contribution in [2.75, 3.05) is 10.8 Å². The van der Waals surface area contributed by atoms with Crippen LogP contribution in [0.25, 0.3) is 11.3 Å². The van der Waals surface area contributed by atoms with Crippen LogP contribution in [0.4, 0.5) is 5.82 Å². The van der Waals surface area contributed by atoms with E-state index >= 15 is 0 Å². The summed E-state index contributed by atoms with van der Waals surface area (Å²) in [5.74, 6) is 0.712. The van der Waals surface area contributed by atoms with E-state index in [-0.39, 0.29) is 11.8 Å². The van der Waals surface area contributed by atoms with Gasteiger partial charge in [-0.2, -0.15) is 4.37 Å². The summed E-state index contributed by atoms with van der Waals surface area (Å²) in [6.45, 7) is 5.68. The highest BCUT2D eigenvalue weighted by Gasteiger charge is 2.50. The van der Waals surface area contributed by atoms with E-state index in [2.05, 4.69) is 26.2 Å². The molecule has 2 aromatic heterocycles. The number of phenolic OH excluding ortho intramolecular Hbond substituents is 1. The number of aromatic hydroxyl groups is 1. The van der Waals surface area contributed by atoms with Gasteiger partial charge in [-0.3, -0.25) is 19.0 Å². The molecule has 0 bridgehead atoms. The summed E-state index contributed by atoms with van der Waals surface area (Å²) < 4.78 is 27.6. The van der Waals surface area contributed by atoms with E-state index < -0.39 is 16.3 Å². The zero-order chi connectivity index (χ0) is 23.2.